The minimum atomic E-state index is -4.57. The molecule has 2 saturated carbocycles. The van der Waals surface area contributed by atoms with Gasteiger partial charge in [-0.3, -0.25) is 14.4 Å². The number of carbonyl (C=O) groups is 5. The third-order valence-corrected chi connectivity index (χ3v) is 14.6. The monoisotopic (exact) mass is 988 g/mol. The molecule has 2 aromatic heterocycles. The Morgan fingerprint density at radius 1 is 1.00 bits per heavy atom. The van der Waals surface area contributed by atoms with Gasteiger partial charge in [-0.05, 0) is 83.1 Å². The van der Waals surface area contributed by atoms with Crippen LogP contribution < -0.4 is 40.8 Å². The molecule has 7 rings (SSSR count). The van der Waals surface area contributed by atoms with Crippen LogP contribution in [0.2, 0.25) is 0 Å². The van der Waals surface area contributed by atoms with Gasteiger partial charge in [0.05, 0.1) is 30.0 Å². The fourth-order valence-electron chi connectivity index (χ4n) is 8.61. The fraction of sp³-hybridized carbons (Fsp3) is 0.479. The smallest absolute Gasteiger partial charge is 0.408 e. The number of aliphatic carboxylic acids is 1. The normalized spacial score (nSPS) is 20.4. The minimum Gasteiger partial charge on any atom is -0.497 e. The topological polar surface area (TPSA) is 265 Å². The van der Waals surface area contributed by atoms with Crippen LogP contribution in [0.3, 0.4) is 0 Å². The molecule has 1 aliphatic heterocycles. The molecule has 21 heteroatoms. The molecule has 69 heavy (non-hydrogen) atoms. The lowest BCUT2D eigenvalue weighted by atomic mass is 10.1. The van der Waals surface area contributed by atoms with Crippen molar-refractivity contribution < 1.29 is 51.7 Å². The number of methoxy groups -OCH3 is 1. The average Bonchev–Trinajstić information content (AvgIpc) is 3.76. The molecular weight excluding hydrogens is 929 g/mol. The molecule has 2 aliphatic carbocycles. The molecule has 1 saturated heterocycles. The van der Waals surface area contributed by atoms with E-state index in [1.165, 1.54) is 35.6 Å². The Kier molecular flexibility index (Phi) is 16.4. The SMILES string of the molecule is C=C[C@@H]1C[C@]1(NC(=O)[C@@H]1C[C@@H](Oc2cc(-c3csc(NC(C)C)n3)nc3cc(OC)ccc23)CN1)C(=O)NS(=O)(=O)c1ccccc1NC(=O)CCCCCC[C@H](NC(=O)OC1CCCC1)C(=O)O. The predicted octanol–water partition coefficient (Wildman–Crippen LogP) is 6.26. The lowest BCUT2D eigenvalue weighted by Crippen LogP contribution is -2.55. The van der Waals surface area contributed by atoms with Gasteiger partial charge in [-0.25, -0.2) is 32.7 Å². The van der Waals surface area contributed by atoms with Gasteiger partial charge in [0.25, 0.3) is 15.9 Å². The zero-order chi connectivity index (χ0) is 49.3. The number of carbonyl (C=O) groups excluding carboxylic acids is 4. The van der Waals surface area contributed by atoms with Crippen molar-refractivity contribution in [2.24, 2.45) is 5.92 Å². The van der Waals surface area contributed by atoms with Crippen LogP contribution in [0.1, 0.15) is 90.9 Å². The Bertz CT molecular complexity index is 2660. The summed E-state index contributed by atoms with van der Waals surface area (Å²) in [4.78, 5) is 73.9. The Morgan fingerprint density at radius 3 is 2.49 bits per heavy atom. The number of hydrogen-bond acceptors (Lipinski definition) is 15. The van der Waals surface area contributed by atoms with Crippen molar-refractivity contribution in [3.05, 3.63) is 66.6 Å². The number of nitrogens with one attached hydrogen (secondary N) is 6. The summed E-state index contributed by atoms with van der Waals surface area (Å²) >= 11 is 1.47. The van der Waals surface area contributed by atoms with Crippen molar-refractivity contribution in [1.29, 1.82) is 0 Å². The first-order valence-corrected chi connectivity index (χ1v) is 25.7. The van der Waals surface area contributed by atoms with Gasteiger partial charge in [-0.15, -0.1) is 17.9 Å². The Labute approximate surface area is 405 Å². The van der Waals surface area contributed by atoms with Gasteiger partial charge in [0.2, 0.25) is 11.8 Å². The number of fused-ring (bicyclic) bond motifs is 1. The highest BCUT2D eigenvalue weighted by Crippen LogP contribution is 2.45. The molecule has 3 aliphatic rings. The summed E-state index contributed by atoms with van der Waals surface area (Å²) in [6.07, 6.45) is 6.29. The number of rotatable bonds is 23. The molecule has 4 aromatic rings. The van der Waals surface area contributed by atoms with Crippen molar-refractivity contribution in [2.75, 3.05) is 24.3 Å². The van der Waals surface area contributed by atoms with Crippen LogP contribution in [0.5, 0.6) is 11.5 Å². The molecule has 7 N–H and O–H groups in total. The molecule has 5 atom stereocenters. The van der Waals surface area contributed by atoms with Gasteiger partial charge in [-0.1, -0.05) is 37.5 Å². The zero-order valence-electron chi connectivity index (χ0n) is 38.9. The molecule has 4 amide bonds. The number of carboxylic acid groups (broad SMARTS) is 1. The first kappa shape index (κ1) is 50.6. The second-order valence-corrected chi connectivity index (χ2v) is 20.5. The van der Waals surface area contributed by atoms with Crippen LogP contribution in [-0.2, 0) is 33.9 Å². The highest BCUT2D eigenvalue weighted by atomic mass is 32.2. The summed E-state index contributed by atoms with van der Waals surface area (Å²) in [7, 11) is -2.99. The molecule has 3 heterocycles. The van der Waals surface area contributed by atoms with Crippen molar-refractivity contribution in [3.63, 3.8) is 0 Å². The van der Waals surface area contributed by atoms with Gasteiger partial charge in [-0.2, -0.15) is 0 Å². The summed E-state index contributed by atoms with van der Waals surface area (Å²) in [6.45, 7) is 8.16. The molecule has 3 fully saturated rings. The molecule has 0 unspecified atom stereocenters. The van der Waals surface area contributed by atoms with Gasteiger partial charge in [0.15, 0.2) is 5.13 Å². The van der Waals surface area contributed by atoms with Crippen molar-refractivity contribution >= 4 is 72.9 Å². The maximum atomic E-state index is 13.9. The summed E-state index contributed by atoms with van der Waals surface area (Å²) < 4.78 is 47.1. The maximum absolute atomic E-state index is 13.9. The number of sulfonamides is 1. The van der Waals surface area contributed by atoms with Crippen LogP contribution in [0.15, 0.2) is 71.5 Å². The molecule has 0 bridgehead atoms. The summed E-state index contributed by atoms with van der Waals surface area (Å²) in [6, 6.07) is 11.3. The quantitative estimate of drug-likeness (QED) is 0.0319. The van der Waals surface area contributed by atoms with Crippen LogP contribution in [0, 0.1) is 5.92 Å². The number of anilines is 2. The lowest BCUT2D eigenvalue weighted by molar-refractivity contribution is -0.139. The maximum Gasteiger partial charge on any atom is 0.408 e. The van der Waals surface area contributed by atoms with Gasteiger partial charge in [0, 0.05) is 54.2 Å². The van der Waals surface area contributed by atoms with E-state index in [1.54, 1.807) is 13.2 Å². The minimum absolute atomic E-state index is 0.0364. The standard InChI is InChI=1S/C48H60N8O11S2/c1-5-29-25-48(29,55-43(58)38-23-32(26-49-38)66-40-24-37(39-27-68-46(53-39)50-28(2)3)51-36-22-31(65-4)20-21-33(36)40)45(61)56-69(63,64)41-18-13-12-16-34(41)52-42(57)19-9-7-6-8-17-35(44(59)60)54-47(62)67-30-14-10-11-15-30/h5,12-13,16,18,20-22,24,27-30,32,35,38,49H,1,6-11,14-15,17,19,23,25-26H2,2-4H3,(H,50,53)(H,52,57)(H,54,62)(H,55,58)(H,56,61)(H,59,60)/t29-,32-,35+,38+,48-/m1/s1. The van der Waals surface area contributed by atoms with Gasteiger partial charge >= 0.3 is 12.1 Å². The van der Waals surface area contributed by atoms with Crippen LogP contribution in [-0.4, -0.2) is 103 Å². The fourth-order valence-corrected chi connectivity index (χ4v) is 10.7. The highest BCUT2D eigenvalue weighted by Gasteiger charge is 2.61. The number of unbranched alkanes of at least 4 members (excludes halogenated alkanes) is 3. The van der Waals surface area contributed by atoms with Gasteiger partial charge < -0.3 is 45.9 Å². The molecular formula is C48H60N8O11S2. The van der Waals surface area contributed by atoms with E-state index in [2.05, 4.69) is 37.9 Å². The second kappa shape index (κ2) is 22.4. The Hall–Kier alpha value is -6.32. The summed E-state index contributed by atoms with van der Waals surface area (Å²) in [5.74, 6) is -2.47. The second-order valence-electron chi connectivity index (χ2n) is 17.9. The summed E-state index contributed by atoms with van der Waals surface area (Å²) in [5.41, 5.74) is 0.272. The number of para-hydroxylation sites is 1. The summed E-state index contributed by atoms with van der Waals surface area (Å²) in [5, 5.41) is 27.3. The molecule has 2 aromatic carbocycles. The van der Waals surface area contributed by atoms with E-state index in [0.29, 0.717) is 60.6 Å². The van der Waals surface area contributed by atoms with Crippen LogP contribution in [0.25, 0.3) is 22.3 Å². The first-order chi connectivity index (χ1) is 33.1. The third kappa shape index (κ3) is 12.9. The number of nitrogens with zero attached hydrogens (tertiary/aromatic N) is 2. The molecule has 0 spiro atoms. The van der Waals surface area contributed by atoms with Gasteiger partial charge in [0.1, 0.15) is 45.9 Å². The Morgan fingerprint density at radius 2 is 1.77 bits per heavy atom. The molecule has 0 radical (unpaired) electrons. The largest absolute Gasteiger partial charge is 0.497 e. The number of hydrogen-bond donors (Lipinski definition) is 7. The lowest BCUT2D eigenvalue weighted by Gasteiger charge is -2.21. The number of carboxylic acids is 1. The number of aromatic nitrogens is 2. The Balaban J connectivity index is 0.916. The molecule has 19 nitrogen and oxygen atoms in total. The van der Waals surface area contributed by atoms with Crippen molar-refractivity contribution in [3.8, 4) is 22.9 Å². The van der Waals surface area contributed by atoms with Crippen LogP contribution in [0.4, 0.5) is 15.6 Å². The van der Waals surface area contributed by atoms with Crippen molar-refractivity contribution in [2.45, 2.75) is 132 Å². The molecule has 370 valence electrons. The number of thiazole rings is 1. The van der Waals surface area contributed by atoms with E-state index in [9.17, 15) is 37.5 Å². The van der Waals surface area contributed by atoms with Crippen LogP contribution >= 0.6 is 11.3 Å². The number of amides is 4. The van der Waals surface area contributed by atoms with E-state index >= 15 is 0 Å². The van der Waals surface area contributed by atoms with E-state index < -0.39 is 69.5 Å². The number of alkyl carbamates (subject to hydrolysis) is 1. The number of pyridine rings is 1. The average molecular weight is 989 g/mol. The van der Waals surface area contributed by atoms with E-state index in [1.807, 2.05) is 43.5 Å². The van der Waals surface area contributed by atoms with E-state index in [4.69, 9.17) is 24.2 Å². The zero-order valence-corrected chi connectivity index (χ0v) is 40.5. The third-order valence-electron chi connectivity index (χ3n) is 12.4. The van der Waals surface area contributed by atoms with Crippen molar-refractivity contribution in [1.82, 2.24) is 30.6 Å². The number of ether oxygens (including phenoxy) is 3. The van der Waals surface area contributed by atoms with E-state index in [-0.39, 0.29) is 48.4 Å². The van der Waals surface area contributed by atoms with E-state index in [0.717, 1.165) is 36.2 Å². The number of benzene rings is 2. The first-order valence-electron chi connectivity index (χ1n) is 23.3. The predicted molar refractivity (Wildman–Crippen MR) is 260 cm³/mol. The highest BCUT2D eigenvalue weighted by molar-refractivity contribution is 7.90.